The number of phenolic OH excluding ortho intramolecular Hbond substituents is 7. The molecule has 0 radical (unpaired) electrons. The summed E-state index contributed by atoms with van der Waals surface area (Å²) in [6.45, 7) is 0. The number of hydrogen-bond acceptors (Lipinski definition) is 11. The second-order valence-electron chi connectivity index (χ2n) is 9.45. The van der Waals surface area contributed by atoms with Crippen molar-refractivity contribution in [2.75, 3.05) is 0 Å². The van der Waals surface area contributed by atoms with Crippen molar-refractivity contribution >= 4 is 16.8 Å². The summed E-state index contributed by atoms with van der Waals surface area (Å²) in [4.78, 5) is 26.1. The average molecular weight is 556 g/mol. The molecule has 1 aliphatic rings. The van der Waals surface area contributed by atoms with E-state index in [1.807, 2.05) is 0 Å². The number of hydrogen-bond donors (Lipinski definition) is 7. The molecule has 1 aliphatic heterocycles. The summed E-state index contributed by atoms with van der Waals surface area (Å²) in [5.41, 5.74) is -2.19. The summed E-state index contributed by atoms with van der Waals surface area (Å²) in [6.07, 6.45) is -1.18. The van der Waals surface area contributed by atoms with Crippen molar-refractivity contribution < 1.29 is 49.7 Å². The van der Waals surface area contributed by atoms with Crippen LogP contribution in [-0.2, 0) is 0 Å². The number of benzene rings is 4. The summed E-state index contributed by atoms with van der Waals surface area (Å²) < 4.78 is 11.6. The topological polar surface area (TPSA) is 198 Å². The predicted molar refractivity (Wildman–Crippen MR) is 144 cm³/mol. The van der Waals surface area contributed by atoms with Gasteiger partial charge in [-0.2, -0.15) is 0 Å². The van der Waals surface area contributed by atoms with Crippen LogP contribution in [0.3, 0.4) is 0 Å². The van der Waals surface area contributed by atoms with Crippen molar-refractivity contribution in [1.29, 1.82) is 0 Å². The summed E-state index contributed by atoms with van der Waals surface area (Å²) in [7, 11) is 0. The largest absolute Gasteiger partial charge is 0.508 e. The number of para-hydroxylation sites is 1. The Morgan fingerprint density at radius 2 is 1.37 bits per heavy atom. The number of rotatable bonds is 3. The summed E-state index contributed by atoms with van der Waals surface area (Å²) >= 11 is 0. The quantitative estimate of drug-likeness (QED) is 0.151. The highest BCUT2D eigenvalue weighted by Gasteiger charge is 2.35. The van der Waals surface area contributed by atoms with Crippen molar-refractivity contribution in [2.24, 2.45) is 0 Å². The van der Waals surface area contributed by atoms with E-state index < -0.39 is 57.4 Å². The van der Waals surface area contributed by atoms with Gasteiger partial charge in [0.25, 0.3) is 0 Å². The molecule has 0 saturated carbocycles. The Kier molecular flexibility index (Phi) is 5.66. The number of Topliss-reactive ketones (excluding diaryl/α,β-unsaturated/α-hetero) is 1. The molecule has 4 aromatic carbocycles. The van der Waals surface area contributed by atoms with E-state index in [-0.39, 0.29) is 51.3 Å². The Morgan fingerprint density at radius 3 is 2.10 bits per heavy atom. The molecule has 1 atom stereocenters. The van der Waals surface area contributed by atoms with Gasteiger partial charge < -0.3 is 44.9 Å². The van der Waals surface area contributed by atoms with Crippen LogP contribution < -0.4 is 10.2 Å². The number of carbonyl (C=O) groups is 1. The second-order valence-corrected chi connectivity index (χ2v) is 9.45. The third-order valence-electron chi connectivity index (χ3n) is 6.90. The molecule has 0 unspecified atom stereocenters. The van der Waals surface area contributed by atoms with E-state index in [1.165, 1.54) is 6.07 Å². The van der Waals surface area contributed by atoms with Crippen molar-refractivity contribution in [3.8, 4) is 68.4 Å². The molecule has 11 nitrogen and oxygen atoms in total. The molecule has 206 valence electrons. The first-order valence-corrected chi connectivity index (χ1v) is 12.2. The minimum absolute atomic E-state index is 0.105. The zero-order valence-electron chi connectivity index (χ0n) is 20.8. The van der Waals surface area contributed by atoms with E-state index in [4.69, 9.17) is 9.15 Å². The van der Waals surface area contributed by atoms with Gasteiger partial charge in [-0.3, -0.25) is 9.59 Å². The fourth-order valence-electron chi connectivity index (χ4n) is 5.10. The Morgan fingerprint density at radius 1 is 0.659 bits per heavy atom. The lowest BCUT2D eigenvalue weighted by Crippen LogP contribution is -2.20. The van der Waals surface area contributed by atoms with E-state index >= 15 is 0 Å². The van der Waals surface area contributed by atoms with Crippen LogP contribution in [0.5, 0.6) is 46.0 Å². The first-order chi connectivity index (χ1) is 19.5. The fourth-order valence-corrected chi connectivity index (χ4v) is 5.10. The molecule has 0 spiro atoms. The molecule has 2 heterocycles. The van der Waals surface area contributed by atoms with Crippen LogP contribution in [0, 0.1) is 0 Å². The van der Waals surface area contributed by atoms with Crippen LogP contribution in [0.4, 0.5) is 0 Å². The molecule has 7 N–H and O–H groups in total. The van der Waals surface area contributed by atoms with Gasteiger partial charge in [0.2, 0.25) is 0 Å². The van der Waals surface area contributed by atoms with E-state index in [1.54, 1.807) is 18.2 Å². The monoisotopic (exact) mass is 556 g/mol. The number of ether oxygens (including phenoxy) is 1. The number of aromatic hydroxyl groups is 7. The summed E-state index contributed by atoms with van der Waals surface area (Å²) in [5, 5.41) is 73.9. The van der Waals surface area contributed by atoms with E-state index in [0.29, 0.717) is 5.56 Å². The van der Waals surface area contributed by atoms with Crippen LogP contribution >= 0.6 is 0 Å². The van der Waals surface area contributed by atoms with Gasteiger partial charge in [0.05, 0.1) is 17.5 Å². The van der Waals surface area contributed by atoms with Crippen molar-refractivity contribution in [1.82, 2.24) is 0 Å². The molecular weight excluding hydrogens is 536 g/mol. The number of ketones is 1. The average Bonchev–Trinajstić information content (AvgIpc) is 2.89. The van der Waals surface area contributed by atoms with Gasteiger partial charge in [-0.1, -0.05) is 18.2 Å². The van der Waals surface area contributed by atoms with Crippen LogP contribution in [0.2, 0.25) is 0 Å². The maximum atomic E-state index is 13.2. The third kappa shape index (κ3) is 3.98. The van der Waals surface area contributed by atoms with E-state index in [9.17, 15) is 45.3 Å². The molecule has 5 aromatic rings. The van der Waals surface area contributed by atoms with Crippen molar-refractivity contribution in [3.05, 3.63) is 82.0 Å². The lowest BCUT2D eigenvalue weighted by molar-refractivity contribution is 0.0842. The van der Waals surface area contributed by atoms with Crippen LogP contribution in [0.25, 0.3) is 33.4 Å². The third-order valence-corrected chi connectivity index (χ3v) is 6.90. The van der Waals surface area contributed by atoms with E-state index in [0.717, 1.165) is 36.4 Å². The Bertz CT molecular complexity index is 1970. The van der Waals surface area contributed by atoms with Gasteiger partial charge in [0, 0.05) is 35.4 Å². The van der Waals surface area contributed by atoms with Gasteiger partial charge in [-0.15, -0.1) is 0 Å². The fraction of sp³-hybridized carbons (Fsp3) is 0.0667. The molecule has 0 aliphatic carbocycles. The second kappa shape index (κ2) is 9.12. The highest BCUT2D eigenvalue weighted by molar-refractivity contribution is 6.07. The first-order valence-electron chi connectivity index (χ1n) is 12.2. The standard InChI is InChI=1S/C30H20O11/c31-12-7-17(35)25-18(36)10-23(41-22(25)8-12)26-15(33)5-6-16(34)28(26)29-20(38)11-24-27(30(29)39)19(37)9-21(40-24)13-3-1-2-4-14(13)32/h1-8,10-11,21,31-35,38-39H,9H2/t21-/m0/s1. The molecule has 0 amide bonds. The SMILES string of the molecule is O=C1C[C@@H](c2ccccc2O)Oc2cc(O)c(-c3c(O)ccc(O)c3-c3cc(=O)c4c(O)cc(O)cc4o3)c(O)c21. The van der Waals surface area contributed by atoms with Crippen LogP contribution in [0.1, 0.15) is 28.4 Å². The molecule has 11 heteroatoms. The van der Waals surface area contributed by atoms with Gasteiger partial charge in [0.15, 0.2) is 11.2 Å². The smallest absolute Gasteiger partial charge is 0.197 e. The molecule has 0 bridgehead atoms. The minimum atomic E-state index is -0.912. The minimum Gasteiger partial charge on any atom is -0.508 e. The van der Waals surface area contributed by atoms with E-state index in [2.05, 4.69) is 0 Å². The van der Waals surface area contributed by atoms with Crippen LogP contribution in [-0.4, -0.2) is 41.5 Å². The molecule has 0 saturated heterocycles. The lowest BCUT2D eigenvalue weighted by Gasteiger charge is -2.28. The Hall–Kier alpha value is -5.84. The molecule has 1 aromatic heterocycles. The van der Waals surface area contributed by atoms with Gasteiger partial charge >= 0.3 is 0 Å². The Balaban J connectivity index is 1.57. The number of phenols is 7. The highest BCUT2D eigenvalue weighted by Crippen LogP contribution is 2.54. The Labute approximate surface area is 229 Å². The summed E-state index contributed by atoms with van der Waals surface area (Å²) in [5.74, 6) is -4.74. The first kappa shape index (κ1) is 25.4. The van der Waals surface area contributed by atoms with Crippen LogP contribution in [0.15, 0.2) is 69.9 Å². The zero-order chi connectivity index (χ0) is 29.2. The highest BCUT2D eigenvalue weighted by atomic mass is 16.5. The number of fused-ring (bicyclic) bond motifs is 2. The normalized spacial score (nSPS) is 14.5. The molecule has 41 heavy (non-hydrogen) atoms. The van der Waals surface area contributed by atoms with Crippen molar-refractivity contribution in [3.63, 3.8) is 0 Å². The molecule has 0 fully saturated rings. The maximum absolute atomic E-state index is 13.2. The number of carbonyl (C=O) groups excluding carboxylic acids is 1. The van der Waals surface area contributed by atoms with Gasteiger partial charge in [-0.25, -0.2) is 0 Å². The molecular formula is C30H20O11. The lowest BCUT2D eigenvalue weighted by atomic mass is 9.89. The van der Waals surface area contributed by atoms with Gasteiger partial charge in [-0.05, 0) is 18.2 Å². The van der Waals surface area contributed by atoms with Gasteiger partial charge in [0.1, 0.15) is 74.4 Å². The predicted octanol–water partition coefficient (Wildman–Crippen LogP) is 4.77. The zero-order valence-corrected chi connectivity index (χ0v) is 20.8. The maximum Gasteiger partial charge on any atom is 0.197 e. The molecule has 6 rings (SSSR count). The van der Waals surface area contributed by atoms with Crippen molar-refractivity contribution in [2.45, 2.75) is 12.5 Å². The summed E-state index contributed by atoms with van der Waals surface area (Å²) in [6, 6.07) is 12.4.